The molecule has 1 atom stereocenters. The Balaban J connectivity index is 0.858. The molecule has 1 N–H and O–H groups in total. The maximum atomic E-state index is 5.37. The second-order valence-corrected chi connectivity index (χ2v) is 17.7. The van der Waals surface area contributed by atoms with Crippen molar-refractivity contribution in [3.05, 3.63) is 284 Å². The molecule has 1 aliphatic heterocycles. The van der Waals surface area contributed by atoms with Crippen molar-refractivity contribution in [2.45, 2.75) is 6.17 Å². The van der Waals surface area contributed by atoms with E-state index in [0.29, 0.717) is 23.3 Å². The smallest absolute Gasteiger partial charge is 0.164 e. The summed E-state index contributed by atoms with van der Waals surface area (Å²) in [6, 6.07) is 92.8. The highest BCUT2D eigenvalue weighted by Gasteiger charge is 2.23. The van der Waals surface area contributed by atoms with Crippen molar-refractivity contribution in [2.24, 2.45) is 9.98 Å². The summed E-state index contributed by atoms with van der Waals surface area (Å²) in [7, 11) is 0. The SMILES string of the molecule is c1ccc(C2=NC(c3ccccc3-c3cccc(-c4ccccc4)c3)=NC(c3cccc(-c4cccc(-c5cccc(-c6cccc(-c7nc(-c8ccccc8)nc(-c8ccccc8)n7)c6)c5)c4)c3)N2)cc1. The zero-order valence-corrected chi connectivity index (χ0v) is 39.2. The third-order valence-corrected chi connectivity index (χ3v) is 13.0. The second-order valence-electron chi connectivity index (χ2n) is 17.7. The summed E-state index contributed by atoms with van der Waals surface area (Å²) < 4.78 is 0. The Kier molecular flexibility index (Phi) is 12.0. The zero-order valence-electron chi connectivity index (χ0n) is 39.2. The van der Waals surface area contributed by atoms with Crippen LogP contribution in [0.15, 0.2) is 277 Å². The van der Waals surface area contributed by atoms with Crippen LogP contribution in [0.2, 0.25) is 0 Å². The molecule has 1 aromatic heterocycles. The summed E-state index contributed by atoms with van der Waals surface area (Å²) >= 11 is 0. The minimum atomic E-state index is -0.389. The predicted molar refractivity (Wildman–Crippen MR) is 295 cm³/mol. The number of hydrogen-bond acceptors (Lipinski definition) is 6. The molecule has 340 valence electrons. The fraction of sp³-hybridized carbons (Fsp3) is 0.0152. The maximum Gasteiger partial charge on any atom is 0.164 e. The average Bonchev–Trinajstić information content (AvgIpc) is 3.48. The summed E-state index contributed by atoms with van der Waals surface area (Å²) in [6.45, 7) is 0. The highest BCUT2D eigenvalue weighted by molar-refractivity contribution is 6.15. The lowest BCUT2D eigenvalue weighted by Gasteiger charge is -2.25. The highest BCUT2D eigenvalue weighted by atomic mass is 15.2. The average molecular weight is 923 g/mol. The molecule has 1 aliphatic rings. The first-order valence-corrected chi connectivity index (χ1v) is 24.2. The van der Waals surface area contributed by atoms with Gasteiger partial charge in [-0.2, -0.15) is 0 Å². The number of nitrogens with one attached hydrogen (secondary N) is 1. The first-order valence-electron chi connectivity index (χ1n) is 24.2. The van der Waals surface area contributed by atoms with Gasteiger partial charge in [0.2, 0.25) is 0 Å². The Labute approximate surface area is 419 Å². The van der Waals surface area contributed by atoms with Gasteiger partial charge in [0.05, 0.1) is 0 Å². The van der Waals surface area contributed by atoms with Crippen LogP contribution in [0.4, 0.5) is 0 Å². The van der Waals surface area contributed by atoms with Crippen molar-refractivity contribution >= 4 is 11.7 Å². The van der Waals surface area contributed by atoms with E-state index in [9.17, 15) is 0 Å². The molecule has 0 fully saturated rings. The molecule has 0 bridgehead atoms. The van der Waals surface area contributed by atoms with Gasteiger partial charge in [-0.15, -0.1) is 0 Å². The molecule has 11 aromatic rings. The zero-order chi connectivity index (χ0) is 48.1. The first kappa shape index (κ1) is 43.6. The third-order valence-electron chi connectivity index (χ3n) is 13.0. The Bertz CT molecular complexity index is 3720. The van der Waals surface area contributed by atoms with Gasteiger partial charge in [0.1, 0.15) is 12.0 Å². The van der Waals surface area contributed by atoms with E-state index < -0.39 is 0 Å². The Morgan fingerprint density at radius 1 is 0.264 bits per heavy atom. The van der Waals surface area contributed by atoms with E-state index in [0.717, 1.165) is 89.3 Å². The fourth-order valence-corrected chi connectivity index (χ4v) is 9.33. The highest BCUT2D eigenvalue weighted by Crippen LogP contribution is 2.35. The lowest BCUT2D eigenvalue weighted by molar-refractivity contribution is 0.674. The van der Waals surface area contributed by atoms with Crippen LogP contribution in [0.25, 0.3) is 89.8 Å². The molecule has 10 aromatic carbocycles. The van der Waals surface area contributed by atoms with Crippen molar-refractivity contribution < 1.29 is 0 Å². The van der Waals surface area contributed by atoms with E-state index in [4.69, 9.17) is 24.9 Å². The Morgan fingerprint density at radius 2 is 0.611 bits per heavy atom. The summed E-state index contributed by atoms with van der Waals surface area (Å²) in [4.78, 5) is 25.5. The van der Waals surface area contributed by atoms with Crippen LogP contribution in [0.5, 0.6) is 0 Å². The standard InChI is InChI=1S/C66H46N6/c1-5-20-45(21-6-1)49-28-17-35-56(42-49)59-38-13-14-39-60(59)66-71-63(48-26-11-4-12-27-48)70-65(72-66)58-37-19-34-55(44-58)53-32-16-30-51(41-53)50-29-15-31-52(40-50)54-33-18-36-57(43-54)64-68-61(46-22-7-2-8-23-46)67-62(69-64)47-24-9-3-10-25-47/h1-44,65H,(H,70,71,72). The normalized spacial score (nSPS) is 13.1. The van der Waals surface area contributed by atoms with Crippen LogP contribution in [0.1, 0.15) is 22.9 Å². The van der Waals surface area contributed by atoms with E-state index in [1.54, 1.807) is 0 Å². The molecule has 6 heteroatoms. The van der Waals surface area contributed by atoms with E-state index >= 15 is 0 Å². The molecule has 2 heterocycles. The van der Waals surface area contributed by atoms with Crippen molar-refractivity contribution in [2.75, 3.05) is 0 Å². The van der Waals surface area contributed by atoms with E-state index in [-0.39, 0.29) is 6.17 Å². The summed E-state index contributed by atoms with van der Waals surface area (Å²) in [5, 5.41) is 3.70. The number of benzene rings is 10. The summed E-state index contributed by atoms with van der Waals surface area (Å²) in [5.41, 5.74) is 16.9. The van der Waals surface area contributed by atoms with Crippen molar-refractivity contribution in [1.82, 2.24) is 20.3 Å². The van der Waals surface area contributed by atoms with Crippen molar-refractivity contribution in [3.8, 4) is 89.8 Å². The monoisotopic (exact) mass is 922 g/mol. The van der Waals surface area contributed by atoms with Gasteiger partial charge in [-0.25, -0.2) is 24.9 Å². The topological polar surface area (TPSA) is 75.4 Å². The summed E-state index contributed by atoms with van der Waals surface area (Å²) in [6.07, 6.45) is -0.389. The van der Waals surface area contributed by atoms with Crippen molar-refractivity contribution in [1.29, 1.82) is 0 Å². The Morgan fingerprint density at radius 3 is 1.14 bits per heavy atom. The third kappa shape index (κ3) is 9.28. The van der Waals surface area contributed by atoms with Crippen LogP contribution in [0.3, 0.4) is 0 Å². The summed E-state index contributed by atoms with van der Waals surface area (Å²) in [5.74, 6) is 3.35. The van der Waals surface area contributed by atoms with Gasteiger partial charge < -0.3 is 5.32 Å². The van der Waals surface area contributed by atoms with Gasteiger partial charge in [0.25, 0.3) is 0 Å². The number of hydrogen-bond donors (Lipinski definition) is 1. The quantitative estimate of drug-likeness (QED) is 0.140. The minimum absolute atomic E-state index is 0.389. The second kappa shape index (κ2) is 19.8. The molecule has 6 nitrogen and oxygen atoms in total. The molecule has 0 saturated heterocycles. The lowest BCUT2D eigenvalue weighted by Crippen LogP contribution is -2.33. The van der Waals surface area contributed by atoms with Gasteiger partial charge in [-0.1, -0.05) is 237 Å². The molecule has 12 rings (SSSR count). The van der Waals surface area contributed by atoms with Crippen LogP contribution < -0.4 is 5.32 Å². The number of nitrogens with zero attached hydrogens (tertiary/aromatic N) is 5. The van der Waals surface area contributed by atoms with E-state index in [1.807, 2.05) is 84.9 Å². The minimum Gasteiger partial charge on any atom is -0.344 e. The molecule has 72 heavy (non-hydrogen) atoms. The predicted octanol–water partition coefficient (Wildman–Crippen LogP) is 15.7. The first-order chi connectivity index (χ1) is 35.6. The maximum absolute atomic E-state index is 5.37. The van der Waals surface area contributed by atoms with Crippen LogP contribution >= 0.6 is 0 Å². The molecule has 0 aliphatic carbocycles. The molecule has 0 amide bonds. The number of rotatable bonds is 11. The molecular weight excluding hydrogens is 877 g/mol. The fourth-order valence-electron chi connectivity index (χ4n) is 9.33. The molecule has 0 radical (unpaired) electrons. The number of aliphatic imine (C=N–C) groups is 2. The van der Waals surface area contributed by atoms with E-state index in [1.165, 1.54) is 5.56 Å². The van der Waals surface area contributed by atoms with Crippen LogP contribution in [-0.4, -0.2) is 26.6 Å². The molecular formula is C66H46N6. The van der Waals surface area contributed by atoms with Gasteiger partial charge >= 0.3 is 0 Å². The molecule has 0 saturated carbocycles. The van der Waals surface area contributed by atoms with Crippen LogP contribution in [-0.2, 0) is 0 Å². The van der Waals surface area contributed by atoms with Crippen LogP contribution in [0, 0.1) is 0 Å². The van der Waals surface area contributed by atoms with Gasteiger partial charge in [0.15, 0.2) is 23.3 Å². The molecule has 0 spiro atoms. The Hall–Kier alpha value is -9.65. The lowest BCUT2D eigenvalue weighted by atomic mass is 9.94. The van der Waals surface area contributed by atoms with Gasteiger partial charge in [0, 0.05) is 27.8 Å². The molecule has 1 unspecified atom stereocenters. The van der Waals surface area contributed by atoms with Gasteiger partial charge in [-0.3, -0.25) is 0 Å². The number of amidine groups is 2. The number of aromatic nitrogens is 3. The van der Waals surface area contributed by atoms with Crippen molar-refractivity contribution in [3.63, 3.8) is 0 Å². The van der Waals surface area contributed by atoms with Gasteiger partial charge in [-0.05, 0) is 91.5 Å². The largest absolute Gasteiger partial charge is 0.344 e. The van der Waals surface area contributed by atoms with E-state index in [2.05, 4.69) is 187 Å².